The molecular formula is C15H21BrO2. The van der Waals surface area contributed by atoms with Gasteiger partial charge in [0.2, 0.25) is 0 Å². The molecule has 2 nitrogen and oxygen atoms in total. The van der Waals surface area contributed by atoms with E-state index in [0.717, 1.165) is 35.0 Å². The highest BCUT2D eigenvalue weighted by Gasteiger charge is 2.33. The summed E-state index contributed by atoms with van der Waals surface area (Å²) >= 11 is 3.56. The first-order valence-electron chi connectivity index (χ1n) is 6.57. The zero-order chi connectivity index (χ0) is 13.2. The molecule has 2 unspecified atom stereocenters. The molecule has 3 heteroatoms. The van der Waals surface area contributed by atoms with Gasteiger partial charge in [0.25, 0.3) is 0 Å². The summed E-state index contributed by atoms with van der Waals surface area (Å²) in [5, 5.41) is 10.7. The topological polar surface area (TPSA) is 29.5 Å². The van der Waals surface area contributed by atoms with Crippen molar-refractivity contribution >= 4 is 15.9 Å². The number of ether oxygens (including phenoxy) is 1. The van der Waals surface area contributed by atoms with E-state index in [9.17, 15) is 5.11 Å². The molecule has 0 saturated heterocycles. The molecule has 0 bridgehead atoms. The number of halogens is 1. The van der Waals surface area contributed by atoms with Crippen LogP contribution in [0.1, 0.15) is 38.2 Å². The molecule has 1 aliphatic rings. The van der Waals surface area contributed by atoms with Crippen molar-refractivity contribution in [2.75, 3.05) is 7.11 Å². The van der Waals surface area contributed by atoms with Gasteiger partial charge >= 0.3 is 0 Å². The molecule has 1 aromatic carbocycles. The Kier molecular flexibility index (Phi) is 4.33. The molecule has 1 aromatic rings. The van der Waals surface area contributed by atoms with E-state index >= 15 is 0 Å². The van der Waals surface area contributed by atoms with Crippen molar-refractivity contribution in [1.82, 2.24) is 0 Å². The summed E-state index contributed by atoms with van der Waals surface area (Å²) in [4.78, 5) is 0. The Bertz CT molecular complexity index is 419. The van der Waals surface area contributed by atoms with Crippen molar-refractivity contribution in [3.8, 4) is 5.75 Å². The fourth-order valence-electron chi connectivity index (χ4n) is 2.96. The summed E-state index contributed by atoms with van der Waals surface area (Å²) in [5.74, 6) is 1.47. The standard InChI is InChI=1S/C15H21BrO2/c1-11-4-3-7-15(17,9-11)10-12-8-13(18-2)5-6-14(12)16/h5-6,8,11,17H,3-4,7,9-10H2,1-2H3. The highest BCUT2D eigenvalue weighted by molar-refractivity contribution is 9.10. The average Bonchev–Trinajstić information content (AvgIpc) is 2.31. The van der Waals surface area contributed by atoms with Gasteiger partial charge in [0.05, 0.1) is 12.7 Å². The molecule has 0 radical (unpaired) electrons. The van der Waals surface area contributed by atoms with Gasteiger partial charge in [-0.3, -0.25) is 0 Å². The lowest BCUT2D eigenvalue weighted by molar-refractivity contribution is -0.0125. The van der Waals surface area contributed by atoms with Gasteiger partial charge in [0.15, 0.2) is 0 Å². The summed E-state index contributed by atoms with van der Waals surface area (Å²) in [6, 6.07) is 5.94. The Labute approximate surface area is 117 Å². The van der Waals surface area contributed by atoms with Gasteiger partial charge in [-0.15, -0.1) is 0 Å². The summed E-state index contributed by atoms with van der Waals surface area (Å²) in [6.45, 7) is 2.23. The SMILES string of the molecule is COc1ccc(Br)c(CC2(O)CCCC(C)C2)c1. The van der Waals surface area contributed by atoms with Crippen LogP contribution in [0.4, 0.5) is 0 Å². The van der Waals surface area contributed by atoms with E-state index in [4.69, 9.17) is 4.74 Å². The van der Waals surface area contributed by atoms with Crippen molar-refractivity contribution < 1.29 is 9.84 Å². The van der Waals surface area contributed by atoms with Crippen LogP contribution in [0, 0.1) is 5.92 Å². The Balaban J connectivity index is 2.17. The van der Waals surface area contributed by atoms with Crippen LogP contribution >= 0.6 is 15.9 Å². The normalized spacial score (nSPS) is 28.1. The zero-order valence-electron chi connectivity index (χ0n) is 11.1. The zero-order valence-corrected chi connectivity index (χ0v) is 12.7. The van der Waals surface area contributed by atoms with Crippen molar-refractivity contribution in [1.29, 1.82) is 0 Å². The monoisotopic (exact) mass is 312 g/mol. The maximum Gasteiger partial charge on any atom is 0.119 e. The first-order valence-corrected chi connectivity index (χ1v) is 7.36. The Morgan fingerprint density at radius 1 is 1.50 bits per heavy atom. The van der Waals surface area contributed by atoms with Crippen molar-refractivity contribution in [3.63, 3.8) is 0 Å². The van der Waals surface area contributed by atoms with Crippen molar-refractivity contribution in [2.45, 2.75) is 44.6 Å². The van der Waals surface area contributed by atoms with Crippen LogP contribution in [0.25, 0.3) is 0 Å². The van der Waals surface area contributed by atoms with Gasteiger partial charge < -0.3 is 9.84 Å². The minimum Gasteiger partial charge on any atom is -0.497 e. The lowest BCUT2D eigenvalue weighted by Crippen LogP contribution is -2.36. The van der Waals surface area contributed by atoms with Crippen molar-refractivity contribution in [3.05, 3.63) is 28.2 Å². The molecule has 18 heavy (non-hydrogen) atoms. The third-order valence-corrected chi connectivity index (χ3v) is 4.61. The number of hydrogen-bond acceptors (Lipinski definition) is 2. The van der Waals surface area contributed by atoms with E-state index in [1.165, 1.54) is 6.42 Å². The molecule has 0 heterocycles. The van der Waals surface area contributed by atoms with Gasteiger partial charge in [-0.05, 0) is 42.5 Å². The van der Waals surface area contributed by atoms with E-state index in [1.54, 1.807) is 7.11 Å². The van der Waals surface area contributed by atoms with Crippen LogP contribution in [0.15, 0.2) is 22.7 Å². The van der Waals surface area contributed by atoms with E-state index in [-0.39, 0.29) is 0 Å². The maximum atomic E-state index is 10.7. The molecule has 1 fully saturated rings. The van der Waals surface area contributed by atoms with Crippen LogP contribution < -0.4 is 4.74 Å². The fourth-order valence-corrected chi connectivity index (χ4v) is 3.35. The fraction of sp³-hybridized carbons (Fsp3) is 0.600. The average molecular weight is 313 g/mol. The van der Waals surface area contributed by atoms with Gasteiger partial charge in [-0.25, -0.2) is 0 Å². The van der Waals surface area contributed by atoms with Crippen LogP contribution in [-0.4, -0.2) is 17.8 Å². The molecular weight excluding hydrogens is 292 g/mol. The second-order valence-corrected chi connectivity index (χ2v) is 6.41. The number of hydrogen-bond donors (Lipinski definition) is 1. The molecule has 100 valence electrons. The summed E-state index contributed by atoms with van der Waals surface area (Å²) < 4.78 is 6.30. The van der Waals surface area contributed by atoms with Gasteiger partial charge in [0.1, 0.15) is 5.75 Å². The predicted octanol–water partition coefficient (Wildman–Crippen LogP) is 3.94. The maximum absolute atomic E-state index is 10.7. The minimum atomic E-state index is -0.549. The van der Waals surface area contributed by atoms with E-state index in [2.05, 4.69) is 22.9 Å². The molecule has 1 N–H and O–H groups in total. The van der Waals surface area contributed by atoms with Gasteiger partial charge in [-0.2, -0.15) is 0 Å². The van der Waals surface area contributed by atoms with Crippen LogP contribution in [0.5, 0.6) is 5.75 Å². The summed E-state index contributed by atoms with van der Waals surface area (Å²) in [6.07, 6.45) is 4.87. The summed E-state index contributed by atoms with van der Waals surface area (Å²) in [7, 11) is 1.67. The van der Waals surface area contributed by atoms with Gasteiger partial charge in [0, 0.05) is 10.9 Å². The molecule has 0 aromatic heterocycles. The summed E-state index contributed by atoms with van der Waals surface area (Å²) in [5.41, 5.74) is 0.581. The number of aliphatic hydroxyl groups is 1. The number of rotatable bonds is 3. The predicted molar refractivity (Wildman–Crippen MR) is 77.0 cm³/mol. The molecule has 0 aliphatic heterocycles. The van der Waals surface area contributed by atoms with E-state index in [1.807, 2.05) is 18.2 Å². The van der Waals surface area contributed by atoms with Crippen LogP contribution in [-0.2, 0) is 6.42 Å². The molecule has 2 rings (SSSR count). The Morgan fingerprint density at radius 3 is 2.94 bits per heavy atom. The molecule has 2 atom stereocenters. The van der Waals surface area contributed by atoms with E-state index < -0.39 is 5.60 Å². The van der Waals surface area contributed by atoms with E-state index in [0.29, 0.717) is 12.3 Å². The van der Waals surface area contributed by atoms with Crippen LogP contribution in [0.3, 0.4) is 0 Å². The first-order chi connectivity index (χ1) is 8.52. The molecule has 1 aliphatic carbocycles. The van der Waals surface area contributed by atoms with Crippen LogP contribution in [0.2, 0.25) is 0 Å². The second-order valence-electron chi connectivity index (χ2n) is 5.56. The quantitative estimate of drug-likeness (QED) is 0.916. The first kappa shape index (κ1) is 13.9. The molecule has 0 spiro atoms. The number of benzene rings is 1. The number of methoxy groups -OCH3 is 1. The Hall–Kier alpha value is -0.540. The minimum absolute atomic E-state index is 0.549. The second kappa shape index (κ2) is 5.62. The smallest absolute Gasteiger partial charge is 0.119 e. The third-order valence-electron chi connectivity index (χ3n) is 3.84. The van der Waals surface area contributed by atoms with Crippen molar-refractivity contribution in [2.24, 2.45) is 5.92 Å². The lowest BCUT2D eigenvalue weighted by Gasteiger charge is -2.36. The largest absolute Gasteiger partial charge is 0.497 e. The lowest BCUT2D eigenvalue weighted by atomic mass is 9.76. The third kappa shape index (κ3) is 3.27. The highest BCUT2D eigenvalue weighted by Crippen LogP contribution is 2.36. The Morgan fingerprint density at radius 2 is 2.28 bits per heavy atom. The van der Waals surface area contributed by atoms with Gasteiger partial charge in [-0.1, -0.05) is 35.7 Å². The molecule has 0 amide bonds. The highest BCUT2D eigenvalue weighted by atomic mass is 79.9. The molecule has 1 saturated carbocycles.